The number of sulfonamides is 2. The number of amides is 1. The van der Waals surface area contributed by atoms with Gasteiger partial charge in [-0.25, -0.2) is 16.8 Å². The van der Waals surface area contributed by atoms with E-state index in [1.807, 2.05) is 0 Å². The zero-order chi connectivity index (χ0) is 17.7. The Labute approximate surface area is 141 Å². The molecule has 0 aromatic heterocycles. The molecular formula is C14H19N3O5S2. The van der Waals surface area contributed by atoms with Gasteiger partial charge in [0, 0.05) is 38.9 Å². The van der Waals surface area contributed by atoms with Crippen molar-refractivity contribution in [2.75, 3.05) is 44.4 Å². The summed E-state index contributed by atoms with van der Waals surface area (Å²) in [6.07, 6.45) is 1.31. The minimum atomic E-state index is -3.71. The lowest BCUT2D eigenvalue weighted by Crippen LogP contribution is -2.50. The van der Waals surface area contributed by atoms with Crippen molar-refractivity contribution in [2.24, 2.45) is 0 Å². The SMILES string of the molecule is CN1C(=O)Cc2cc(S(=O)(=O)N3CCN(S(C)(=O)=O)CC3)ccc21. The molecule has 10 heteroatoms. The third kappa shape index (κ3) is 2.94. The molecule has 1 aromatic rings. The number of carbonyl (C=O) groups excluding carboxylic acids is 1. The van der Waals surface area contributed by atoms with Gasteiger partial charge in [0.1, 0.15) is 0 Å². The molecule has 8 nitrogen and oxygen atoms in total. The highest BCUT2D eigenvalue weighted by Crippen LogP contribution is 2.31. The first-order valence-electron chi connectivity index (χ1n) is 7.45. The van der Waals surface area contributed by atoms with E-state index in [1.165, 1.54) is 25.6 Å². The Morgan fingerprint density at radius 3 is 2.12 bits per heavy atom. The van der Waals surface area contributed by atoms with Crippen LogP contribution in [0.3, 0.4) is 0 Å². The zero-order valence-electron chi connectivity index (χ0n) is 13.5. The number of anilines is 1. The lowest BCUT2D eigenvalue weighted by molar-refractivity contribution is -0.117. The second kappa shape index (κ2) is 5.80. The average molecular weight is 373 g/mol. The van der Waals surface area contributed by atoms with Gasteiger partial charge in [-0.05, 0) is 23.8 Å². The van der Waals surface area contributed by atoms with E-state index in [0.717, 1.165) is 11.9 Å². The summed E-state index contributed by atoms with van der Waals surface area (Å²) in [4.78, 5) is 13.4. The van der Waals surface area contributed by atoms with Gasteiger partial charge >= 0.3 is 0 Å². The van der Waals surface area contributed by atoms with Crippen molar-refractivity contribution in [2.45, 2.75) is 11.3 Å². The van der Waals surface area contributed by atoms with Crippen molar-refractivity contribution in [3.05, 3.63) is 23.8 Å². The summed E-state index contributed by atoms with van der Waals surface area (Å²) in [5.41, 5.74) is 1.42. The van der Waals surface area contributed by atoms with Crippen LogP contribution in [0.2, 0.25) is 0 Å². The average Bonchev–Trinajstić information content (AvgIpc) is 2.81. The molecule has 0 saturated carbocycles. The molecule has 2 heterocycles. The van der Waals surface area contributed by atoms with Crippen LogP contribution in [0.1, 0.15) is 5.56 Å². The normalized spacial score (nSPS) is 20.4. The lowest BCUT2D eigenvalue weighted by Gasteiger charge is -2.32. The Morgan fingerprint density at radius 2 is 1.54 bits per heavy atom. The van der Waals surface area contributed by atoms with Crippen LogP contribution in [0.15, 0.2) is 23.1 Å². The minimum Gasteiger partial charge on any atom is -0.315 e. The molecule has 1 aromatic carbocycles. The Balaban J connectivity index is 1.83. The molecule has 132 valence electrons. The van der Waals surface area contributed by atoms with Crippen LogP contribution in [-0.2, 0) is 31.3 Å². The number of likely N-dealkylation sites (N-methyl/N-ethyl adjacent to an activating group) is 1. The predicted octanol–water partition coefficient (Wildman–Crippen LogP) is -0.529. The molecule has 0 unspecified atom stereocenters. The summed E-state index contributed by atoms with van der Waals surface area (Å²) in [6.45, 7) is 0.519. The third-order valence-corrected chi connectivity index (χ3v) is 7.63. The smallest absolute Gasteiger partial charge is 0.243 e. The Morgan fingerprint density at radius 1 is 0.958 bits per heavy atom. The highest BCUT2D eigenvalue weighted by Gasteiger charge is 2.33. The van der Waals surface area contributed by atoms with Crippen molar-refractivity contribution >= 4 is 31.6 Å². The molecule has 0 spiro atoms. The van der Waals surface area contributed by atoms with Crippen LogP contribution < -0.4 is 4.90 Å². The second-order valence-corrected chi connectivity index (χ2v) is 9.91. The number of carbonyl (C=O) groups is 1. The number of nitrogens with zero attached hydrogens (tertiary/aromatic N) is 3. The standard InChI is InChI=1S/C14H19N3O5S2/c1-15-13-4-3-12(9-11(13)10-14(15)18)24(21,22)17-7-5-16(6-8-17)23(2,19)20/h3-4,9H,5-8,10H2,1-2H3. The quantitative estimate of drug-likeness (QED) is 0.710. The van der Waals surface area contributed by atoms with Crippen molar-refractivity contribution in [3.8, 4) is 0 Å². The van der Waals surface area contributed by atoms with Crippen molar-refractivity contribution in [1.82, 2.24) is 8.61 Å². The highest BCUT2D eigenvalue weighted by molar-refractivity contribution is 7.89. The highest BCUT2D eigenvalue weighted by atomic mass is 32.2. The molecule has 0 N–H and O–H groups in total. The van der Waals surface area contributed by atoms with Gasteiger partial charge in [0.05, 0.1) is 17.6 Å². The molecule has 3 rings (SSSR count). The molecule has 1 fully saturated rings. The maximum Gasteiger partial charge on any atom is 0.243 e. The van der Waals surface area contributed by atoms with Crippen LogP contribution >= 0.6 is 0 Å². The Hall–Kier alpha value is -1.49. The predicted molar refractivity (Wildman–Crippen MR) is 88.7 cm³/mol. The van der Waals surface area contributed by atoms with Crippen LogP contribution in [0, 0.1) is 0 Å². The largest absolute Gasteiger partial charge is 0.315 e. The Bertz CT molecular complexity index is 887. The van der Waals surface area contributed by atoms with Crippen LogP contribution in [0.5, 0.6) is 0 Å². The summed E-state index contributed by atoms with van der Waals surface area (Å²) in [5, 5.41) is 0. The number of rotatable bonds is 3. The fourth-order valence-corrected chi connectivity index (χ4v) is 5.30. The number of hydrogen-bond acceptors (Lipinski definition) is 5. The fourth-order valence-electron chi connectivity index (χ4n) is 3.00. The number of piperazine rings is 1. The van der Waals surface area contributed by atoms with E-state index in [4.69, 9.17) is 0 Å². The summed E-state index contributed by atoms with van der Waals surface area (Å²) >= 11 is 0. The van der Waals surface area contributed by atoms with Gasteiger partial charge in [0.25, 0.3) is 0 Å². The molecule has 24 heavy (non-hydrogen) atoms. The monoisotopic (exact) mass is 373 g/mol. The van der Waals surface area contributed by atoms with Gasteiger partial charge < -0.3 is 4.90 Å². The zero-order valence-corrected chi connectivity index (χ0v) is 15.1. The van der Waals surface area contributed by atoms with Crippen LogP contribution in [0.4, 0.5) is 5.69 Å². The molecule has 0 atom stereocenters. The van der Waals surface area contributed by atoms with E-state index in [2.05, 4.69) is 0 Å². The summed E-state index contributed by atoms with van der Waals surface area (Å²) in [5.74, 6) is -0.0682. The Kier molecular flexibility index (Phi) is 4.19. The lowest BCUT2D eigenvalue weighted by atomic mass is 10.2. The first-order chi connectivity index (χ1) is 11.1. The molecule has 2 aliphatic heterocycles. The molecule has 2 aliphatic rings. The molecule has 0 bridgehead atoms. The maximum absolute atomic E-state index is 12.8. The van der Waals surface area contributed by atoms with Crippen molar-refractivity contribution in [3.63, 3.8) is 0 Å². The van der Waals surface area contributed by atoms with Gasteiger partial charge in [-0.15, -0.1) is 0 Å². The molecule has 1 saturated heterocycles. The second-order valence-electron chi connectivity index (χ2n) is 5.99. The first kappa shape index (κ1) is 17.3. The fraction of sp³-hybridized carbons (Fsp3) is 0.500. The van der Waals surface area contributed by atoms with Crippen molar-refractivity contribution in [1.29, 1.82) is 0 Å². The van der Waals surface area contributed by atoms with E-state index in [-0.39, 0.29) is 43.4 Å². The summed E-state index contributed by atoms with van der Waals surface area (Å²) in [6, 6.07) is 4.67. The van der Waals surface area contributed by atoms with Gasteiger partial charge in [0.2, 0.25) is 26.0 Å². The van der Waals surface area contributed by atoms with Gasteiger partial charge in [-0.1, -0.05) is 0 Å². The van der Waals surface area contributed by atoms with Gasteiger partial charge in [0.15, 0.2) is 0 Å². The van der Waals surface area contributed by atoms with Crippen molar-refractivity contribution < 1.29 is 21.6 Å². The molecule has 0 radical (unpaired) electrons. The number of benzene rings is 1. The summed E-state index contributed by atoms with van der Waals surface area (Å²) in [7, 11) is -5.36. The van der Waals surface area contributed by atoms with E-state index >= 15 is 0 Å². The number of fused-ring (bicyclic) bond motifs is 1. The number of hydrogen-bond donors (Lipinski definition) is 0. The van der Waals surface area contributed by atoms with E-state index in [0.29, 0.717) is 5.56 Å². The topological polar surface area (TPSA) is 95.1 Å². The molecule has 0 aliphatic carbocycles. The molecule has 1 amide bonds. The van der Waals surface area contributed by atoms with E-state index in [9.17, 15) is 21.6 Å². The third-order valence-electron chi connectivity index (χ3n) is 4.43. The molecular weight excluding hydrogens is 354 g/mol. The van der Waals surface area contributed by atoms with Gasteiger partial charge in [-0.3, -0.25) is 4.79 Å². The van der Waals surface area contributed by atoms with Crippen LogP contribution in [-0.4, -0.2) is 70.8 Å². The minimum absolute atomic E-state index is 0.0682. The first-order valence-corrected chi connectivity index (χ1v) is 10.7. The van der Waals surface area contributed by atoms with Gasteiger partial charge in [-0.2, -0.15) is 8.61 Å². The van der Waals surface area contributed by atoms with Crippen LogP contribution in [0.25, 0.3) is 0 Å². The van der Waals surface area contributed by atoms with E-state index in [1.54, 1.807) is 13.1 Å². The van der Waals surface area contributed by atoms with E-state index < -0.39 is 20.0 Å². The maximum atomic E-state index is 12.8. The summed E-state index contributed by atoms with van der Waals surface area (Å²) < 4.78 is 51.1.